The smallest absolute Gasteiger partial charge is 0.311 e. The lowest BCUT2D eigenvalue weighted by Gasteiger charge is -2.10. The first-order valence-corrected chi connectivity index (χ1v) is 7.83. The summed E-state index contributed by atoms with van der Waals surface area (Å²) >= 11 is 2.98. The maximum Gasteiger partial charge on any atom is 0.332 e. The highest BCUT2D eigenvalue weighted by atomic mass is 32.2. The van der Waals surface area contributed by atoms with Crippen LogP contribution in [0, 0.1) is 0 Å². The number of hydrogen-bond acceptors (Lipinski definition) is 6. The van der Waals surface area contributed by atoms with E-state index in [4.69, 9.17) is 0 Å². The van der Waals surface area contributed by atoms with Crippen LogP contribution in [-0.4, -0.2) is 37.5 Å². The Balaban J connectivity index is 2.04. The van der Waals surface area contributed by atoms with Gasteiger partial charge in [-0.2, -0.15) is 0 Å². The van der Waals surface area contributed by atoms with Crippen molar-refractivity contribution in [3.63, 3.8) is 0 Å². The second kappa shape index (κ2) is 6.31. The molecular formula is C11H14N4O3S2. The molecule has 2 heterocycles. The number of nitrogens with one attached hydrogen (secondary N) is 1. The predicted octanol–water partition coefficient (Wildman–Crippen LogP) is -0.142. The minimum absolute atomic E-state index is 0.199. The average molecular weight is 314 g/mol. The molecule has 9 heteroatoms. The molecule has 7 nitrogen and oxygen atoms in total. The van der Waals surface area contributed by atoms with E-state index in [1.807, 2.05) is 0 Å². The fourth-order valence-electron chi connectivity index (χ4n) is 1.56. The van der Waals surface area contributed by atoms with Crippen LogP contribution in [0.25, 0.3) is 0 Å². The van der Waals surface area contributed by atoms with Gasteiger partial charge in [0, 0.05) is 25.9 Å². The fraction of sp³-hybridized carbons (Fsp3) is 0.455. The zero-order valence-electron chi connectivity index (χ0n) is 11.1. The molecular weight excluding hydrogens is 300 g/mol. The van der Waals surface area contributed by atoms with E-state index in [0.717, 1.165) is 21.2 Å². The number of carbonyl (C=O) groups is 1. The second-order valence-electron chi connectivity index (χ2n) is 4.10. The molecule has 0 saturated heterocycles. The first-order valence-electron chi connectivity index (χ1n) is 5.86. The highest BCUT2D eigenvalue weighted by molar-refractivity contribution is 8.39. The summed E-state index contributed by atoms with van der Waals surface area (Å²) in [5, 5.41) is 2.57. The van der Waals surface area contributed by atoms with Gasteiger partial charge < -0.3 is 5.32 Å². The lowest BCUT2D eigenvalue weighted by molar-refractivity contribution is -0.113. The van der Waals surface area contributed by atoms with Crippen molar-refractivity contribution in [2.75, 3.05) is 23.4 Å². The standard InChI is InChI=1S/C11H14N4O3S2/c1-14-7(5-9(17)15(2)11(14)18)13-8(16)6-20-10-12-3-4-19-10/h5H,3-4,6H2,1-2H3,(H,13,16). The van der Waals surface area contributed by atoms with Gasteiger partial charge in [0.15, 0.2) is 0 Å². The van der Waals surface area contributed by atoms with Crippen LogP contribution < -0.4 is 16.6 Å². The normalized spacial score (nSPS) is 14.2. The number of thioether (sulfide) groups is 2. The number of anilines is 1. The molecule has 0 aromatic carbocycles. The molecule has 0 radical (unpaired) electrons. The minimum Gasteiger partial charge on any atom is -0.311 e. The SMILES string of the molecule is Cn1c(NC(=O)CSC2=NCCS2)cc(=O)n(C)c1=O. The molecule has 0 saturated carbocycles. The van der Waals surface area contributed by atoms with Crippen molar-refractivity contribution in [2.24, 2.45) is 19.1 Å². The van der Waals surface area contributed by atoms with Gasteiger partial charge in [-0.15, -0.1) is 0 Å². The third kappa shape index (κ3) is 3.34. The van der Waals surface area contributed by atoms with Crippen LogP contribution in [0.15, 0.2) is 20.6 Å². The van der Waals surface area contributed by atoms with E-state index in [1.165, 1.54) is 36.5 Å². The van der Waals surface area contributed by atoms with Crippen molar-refractivity contribution in [1.29, 1.82) is 0 Å². The summed E-state index contributed by atoms with van der Waals surface area (Å²) < 4.78 is 3.11. The Hall–Kier alpha value is -1.48. The van der Waals surface area contributed by atoms with E-state index < -0.39 is 11.2 Å². The van der Waals surface area contributed by atoms with Crippen molar-refractivity contribution in [3.05, 3.63) is 26.9 Å². The molecule has 0 aliphatic carbocycles. The second-order valence-corrected chi connectivity index (χ2v) is 6.41. The maximum atomic E-state index is 11.8. The summed E-state index contributed by atoms with van der Waals surface area (Å²) in [5.41, 5.74) is -0.928. The topological polar surface area (TPSA) is 85.5 Å². The van der Waals surface area contributed by atoms with E-state index in [9.17, 15) is 14.4 Å². The van der Waals surface area contributed by atoms with Crippen LogP contribution in [0.4, 0.5) is 5.82 Å². The van der Waals surface area contributed by atoms with Crippen LogP contribution >= 0.6 is 23.5 Å². The number of aromatic nitrogens is 2. The monoisotopic (exact) mass is 314 g/mol. The molecule has 1 aromatic heterocycles. The molecule has 108 valence electrons. The van der Waals surface area contributed by atoms with Crippen LogP contribution in [0.3, 0.4) is 0 Å². The Morgan fingerprint density at radius 3 is 2.85 bits per heavy atom. The molecule has 0 atom stereocenters. The lowest BCUT2D eigenvalue weighted by Crippen LogP contribution is -2.38. The minimum atomic E-state index is -0.476. The number of amides is 1. The summed E-state index contributed by atoms with van der Waals surface area (Å²) in [5.74, 6) is 1.08. The molecule has 1 N–H and O–H groups in total. The summed E-state index contributed by atoms with van der Waals surface area (Å²) in [6.07, 6.45) is 0. The number of hydrogen-bond donors (Lipinski definition) is 1. The third-order valence-corrected chi connectivity index (χ3v) is 4.93. The van der Waals surface area contributed by atoms with Gasteiger partial charge in [0.1, 0.15) is 10.2 Å². The maximum absolute atomic E-state index is 11.8. The Bertz CT molecular complexity index is 677. The molecule has 20 heavy (non-hydrogen) atoms. The number of carbonyl (C=O) groups excluding carboxylic acids is 1. The van der Waals surface area contributed by atoms with E-state index in [1.54, 1.807) is 11.8 Å². The van der Waals surface area contributed by atoms with E-state index in [0.29, 0.717) is 0 Å². The molecule has 2 rings (SSSR count). The average Bonchev–Trinajstić information content (AvgIpc) is 2.93. The van der Waals surface area contributed by atoms with Gasteiger partial charge in [0.2, 0.25) is 5.91 Å². The third-order valence-electron chi connectivity index (χ3n) is 2.68. The zero-order valence-corrected chi connectivity index (χ0v) is 12.7. The van der Waals surface area contributed by atoms with Crippen molar-refractivity contribution in [1.82, 2.24) is 9.13 Å². The van der Waals surface area contributed by atoms with Gasteiger partial charge in [-0.05, 0) is 0 Å². The van der Waals surface area contributed by atoms with Crippen molar-refractivity contribution >= 4 is 39.6 Å². The predicted molar refractivity (Wildman–Crippen MR) is 82.8 cm³/mol. The Morgan fingerprint density at radius 2 is 2.20 bits per heavy atom. The van der Waals surface area contributed by atoms with E-state index >= 15 is 0 Å². The van der Waals surface area contributed by atoms with E-state index in [-0.39, 0.29) is 17.5 Å². The molecule has 1 amide bonds. The fourth-order valence-corrected chi connectivity index (χ4v) is 3.37. The molecule has 1 aliphatic rings. The van der Waals surface area contributed by atoms with Crippen LogP contribution in [0.5, 0.6) is 0 Å². The van der Waals surface area contributed by atoms with Gasteiger partial charge >= 0.3 is 5.69 Å². The van der Waals surface area contributed by atoms with Crippen molar-refractivity contribution in [2.45, 2.75) is 0 Å². The zero-order chi connectivity index (χ0) is 14.7. The van der Waals surface area contributed by atoms with Gasteiger partial charge in [-0.3, -0.25) is 23.7 Å². The van der Waals surface area contributed by atoms with Crippen molar-refractivity contribution in [3.8, 4) is 0 Å². The van der Waals surface area contributed by atoms with Gasteiger partial charge in [-0.1, -0.05) is 23.5 Å². The summed E-state index contributed by atoms with van der Waals surface area (Å²) in [4.78, 5) is 39.3. The van der Waals surface area contributed by atoms with E-state index in [2.05, 4.69) is 10.3 Å². The van der Waals surface area contributed by atoms with Gasteiger partial charge in [-0.25, -0.2) is 4.79 Å². The van der Waals surface area contributed by atoms with Crippen molar-refractivity contribution < 1.29 is 4.79 Å². The Morgan fingerprint density at radius 1 is 1.45 bits per heavy atom. The molecule has 1 aromatic rings. The first kappa shape index (κ1) is 14.9. The highest BCUT2D eigenvalue weighted by Crippen LogP contribution is 2.21. The Labute approximate surface area is 123 Å². The summed E-state index contributed by atoms with van der Waals surface area (Å²) in [7, 11) is 2.89. The summed E-state index contributed by atoms with van der Waals surface area (Å²) in [6, 6.07) is 1.23. The number of aliphatic imine (C=N–C) groups is 1. The molecule has 0 spiro atoms. The molecule has 0 fully saturated rings. The molecule has 0 unspecified atom stereocenters. The first-order chi connectivity index (χ1) is 9.49. The summed E-state index contributed by atoms with van der Waals surface area (Å²) in [6.45, 7) is 0.790. The molecule has 1 aliphatic heterocycles. The van der Waals surface area contributed by atoms with Gasteiger partial charge in [0.05, 0.1) is 12.3 Å². The van der Waals surface area contributed by atoms with Crippen LogP contribution in [0.1, 0.15) is 0 Å². The number of nitrogens with zero attached hydrogens (tertiary/aromatic N) is 3. The quantitative estimate of drug-likeness (QED) is 0.839. The highest BCUT2D eigenvalue weighted by Gasteiger charge is 2.12. The lowest BCUT2D eigenvalue weighted by atomic mass is 10.5. The molecule has 0 bridgehead atoms. The van der Waals surface area contributed by atoms with Crippen LogP contribution in [-0.2, 0) is 18.9 Å². The Kier molecular flexibility index (Phi) is 4.71. The van der Waals surface area contributed by atoms with Crippen LogP contribution in [0.2, 0.25) is 0 Å². The van der Waals surface area contributed by atoms with Gasteiger partial charge in [0.25, 0.3) is 5.56 Å². The largest absolute Gasteiger partial charge is 0.332 e. The number of rotatable bonds is 3.